The van der Waals surface area contributed by atoms with Crippen molar-refractivity contribution in [1.82, 2.24) is 14.7 Å². The number of aryl methyl sites for hydroxylation is 2. The van der Waals surface area contributed by atoms with Crippen molar-refractivity contribution in [3.05, 3.63) is 16.4 Å². The van der Waals surface area contributed by atoms with Crippen molar-refractivity contribution < 1.29 is 9.53 Å². The number of halogens is 1. The average Bonchev–Trinajstić information content (AvgIpc) is 2.75. The number of rotatable bonds is 5. The zero-order valence-electron chi connectivity index (χ0n) is 13.1. The van der Waals surface area contributed by atoms with E-state index in [2.05, 4.69) is 16.9 Å². The second kappa shape index (κ2) is 7.27. The van der Waals surface area contributed by atoms with Gasteiger partial charge in [-0.25, -0.2) is 0 Å². The molecule has 1 aromatic heterocycles. The number of aromatic nitrogens is 2. The number of likely N-dealkylation sites (tertiary alicyclic amines) is 1. The van der Waals surface area contributed by atoms with Crippen molar-refractivity contribution in [3.63, 3.8) is 0 Å². The highest BCUT2D eigenvalue weighted by molar-refractivity contribution is 6.31. The third-order valence-electron chi connectivity index (χ3n) is 3.95. The van der Waals surface area contributed by atoms with Crippen LogP contribution in [0, 0.1) is 12.8 Å². The third-order valence-corrected chi connectivity index (χ3v) is 4.44. The van der Waals surface area contributed by atoms with E-state index in [1.54, 1.807) is 0 Å². The van der Waals surface area contributed by atoms with Crippen LogP contribution in [0.3, 0.4) is 0 Å². The van der Waals surface area contributed by atoms with E-state index in [-0.39, 0.29) is 11.9 Å². The maximum atomic E-state index is 11.9. The second-order valence-corrected chi connectivity index (χ2v) is 5.87. The molecule has 1 aromatic rings. The van der Waals surface area contributed by atoms with Crippen molar-refractivity contribution in [2.75, 3.05) is 19.7 Å². The Morgan fingerprint density at radius 1 is 1.48 bits per heavy atom. The second-order valence-electron chi connectivity index (χ2n) is 5.49. The van der Waals surface area contributed by atoms with E-state index in [9.17, 15) is 4.79 Å². The van der Waals surface area contributed by atoms with Gasteiger partial charge in [0.25, 0.3) is 0 Å². The predicted molar refractivity (Wildman–Crippen MR) is 82.3 cm³/mol. The van der Waals surface area contributed by atoms with Crippen LogP contribution in [0.1, 0.15) is 38.1 Å². The zero-order chi connectivity index (χ0) is 15.4. The minimum atomic E-state index is -0.0755. The molecule has 0 N–H and O–H groups in total. The molecular weight excluding hydrogens is 290 g/mol. The molecule has 1 saturated heterocycles. The van der Waals surface area contributed by atoms with Crippen LogP contribution in [0.5, 0.6) is 0 Å². The molecule has 0 aromatic carbocycles. The lowest BCUT2D eigenvalue weighted by molar-refractivity contribution is -0.150. The number of nitrogens with zero attached hydrogens (tertiary/aromatic N) is 3. The van der Waals surface area contributed by atoms with Gasteiger partial charge in [0.1, 0.15) is 0 Å². The summed E-state index contributed by atoms with van der Waals surface area (Å²) in [7, 11) is 0. The highest BCUT2D eigenvalue weighted by atomic mass is 35.5. The molecule has 1 aliphatic heterocycles. The first kappa shape index (κ1) is 16.3. The highest BCUT2D eigenvalue weighted by Gasteiger charge is 2.28. The lowest BCUT2D eigenvalue weighted by Gasteiger charge is -2.31. The molecule has 0 spiro atoms. The monoisotopic (exact) mass is 313 g/mol. The molecule has 5 nitrogen and oxygen atoms in total. The summed E-state index contributed by atoms with van der Waals surface area (Å²) in [6, 6.07) is 0. The molecule has 1 atom stereocenters. The number of esters is 1. The van der Waals surface area contributed by atoms with Crippen molar-refractivity contribution in [3.8, 4) is 0 Å². The smallest absolute Gasteiger partial charge is 0.310 e. The average molecular weight is 314 g/mol. The molecule has 21 heavy (non-hydrogen) atoms. The number of carbonyl (C=O) groups excluding carboxylic acids is 1. The third kappa shape index (κ3) is 3.77. The number of hydrogen-bond donors (Lipinski definition) is 0. The van der Waals surface area contributed by atoms with E-state index in [0.29, 0.717) is 6.61 Å². The number of carbonyl (C=O) groups is 1. The van der Waals surface area contributed by atoms with E-state index >= 15 is 0 Å². The van der Waals surface area contributed by atoms with Gasteiger partial charge >= 0.3 is 5.97 Å². The molecule has 0 unspecified atom stereocenters. The number of hydrogen-bond acceptors (Lipinski definition) is 4. The van der Waals surface area contributed by atoms with Gasteiger partial charge in [-0.3, -0.25) is 14.4 Å². The van der Waals surface area contributed by atoms with Gasteiger partial charge in [0, 0.05) is 19.6 Å². The maximum absolute atomic E-state index is 11.9. The van der Waals surface area contributed by atoms with Crippen LogP contribution < -0.4 is 0 Å². The number of ether oxygens (including phenoxy) is 1. The minimum absolute atomic E-state index is 0.0171. The Hall–Kier alpha value is -1.07. The van der Waals surface area contributed by atoms with Crippen molar-refractivity contribution in [2.24, 2.45) is 5.92 Å². The first-order valence-corrected chi connectivity index (χ1v) is 8.05. The fourth-order valence-electron chi connectivity index (χ4n) is 2.88. The van der Waals surface area contributed by atoms with Gasteiger partial charge < -0.3 is 4.74 Å². The fraction of sp³-hybridized carbons (Fsp3) is 0.733. The van der Waals surface area contributed by atoms with Crippen molar-refractivity contribution in [2.45, 2.75) is 46.7 Å². The largest absolute Gasteiger partial charge is 0.466 e. The molecule has 2 heterocycles. The van der Waals surface area contributed by atoms with Gasteiger partial charge in [0.05, 0.1) is 28.9 Å². The van der Waals surface area contributed by atoms with Gasteiger partial charge in [-0.1, -0.05) is 11.6 Å². The SMILES string of the molecule is CCOC(=O)[C@H]1CCCN(Cc2c(Cl)c(C)nn2CC)C1. The van der Waals surface area contributed by atoms with Gasteiger partial charge in [-0.15, -0.1) is 0 Å². The fourth-order valence-corrected chi connectivity index (χ4v) is 3.08. The van der Waals surface area contributed by atoms with E-state index in [4.69, 9.17) is 16.3 Å². The summed E-state index contributed by atoms with van der Waals surface area (Å²) >= 11 is 6.36. The Labute approximate surface area is 131 Å². The summed E-state index contributed by atoms with van der Waals surface area (Å²) in [4.78, 5) is 14.2. The summed E-state index contributed by atoms with van der Waals surface area (Å²) < 4.78 is 7.09. The van der Waals surface area contributed by atoms with E-state index < -0.39 is 0 Å². The Bertz CT molecular complexity index is 501. The van der Waals surface area contributed by atoms with Gasteiger partial charge in [-0.05, 0) is 40.2 Å². The topological polar surface area (TPSA) is 47.4 Å². The van der Waals surface area contributed by atoms with E-state index in [1.165, 1.54) is 0 Å². The molecule has 0 radical (unpaired) electrons. The van der Waals surface area contributed by atoms with Crippen molar-refractivity contribution >= 4 is 17.6 Å². The Morgan fingerprint density at radius 3 is 2.90 bits per heavy atom. The zero-order valence-corrected chi connectivity index (χ0v) is 13.8. The van der Waals surface area contributed by atoms with Crippen LogP contribution in [0.4, 0.5) is 0 Å². The van der Waals surface area contributed by atoms with Crippen LogP contribution in [0.2, 0.25) is 5.02 Å². The predicted octanol–water partition coefficient (Wildman–Crippen LogP) is 2.64. The maximum Gasteiger partial charge on any atom is 0.310 e. The van der Waals surface area contributed by atoms with Gasteiger partial charge in [0.15, 0.2) is 0 Å². The first-order valence-electron chi connectivity index (χ1n) is 7.67. The molecule has 0 bridgehead atoms. The van der Waals surface area contributed by atoms with Crippen LogP contribution in [-0.4, -0.2) is 40.3 Å². The van der Waals surface area contributed by atoms with Gasteiger partial charge in [-0.2, -0.15) is 5.10 Å². The van der Waals surface area contributed by atoms with Crippen LogP contribution >= 0.6 is 11.6 Å². The van der Waals surface area contributed by atoms with E-state index in [0.717, 1.165) is 55.4 Å². The standard InChI is InChI=1S/C15H24ClN3O2/c1-4-19-13(14(16)11(3)17-19)10-18-8-6-7-12(9-18)15(20)21-5-2/h12H,4-10H2,1-3H3/t12-/m0/s1. The Kier molecular flexibility index (Phi) is 5.65. The van der Waals surface area contributed by atoms with Gasteiger partial charge in [0.2, 0.25) is 0 Å². The summed E-state index contributed by atoms with van der Waals surface area (Å²) in [5.41, 5.74) is 1.91. The molecule has 1 fully saturated rings. The van der Waals surface area contributed by atoms with Crippen LogP contribution in [0.25, 0.3) is 0 Å². The Morgan fingerprint density at radius 2 is 2.24 bits per heavy atom. The normalized spacial score (nSPS) is 19.7. The number of piperidine rings is 1. The molecule has 0 amide bonds. The lowest BCUT2D eigenvalue weighted by atomic mass is 9.98. The molecule has 6 heteroatoms. The summed E-state index contributed by atoms with van der Waals surface area (Å²) in [5, 5.41) is 5.19. The van der Waals surface area contributed by atoms with Crippen LogP contribution in [0.15, 0.2) is 0 Å². The molecular formula is C15H24ClN3O2. The molecule has 0 saturated carbocycles. The highest BCUT2D eigenvalue weighted by Crippen LogP contribution is 2.25. The first-order chi connectivity index (χ1) is 10.1. The summed E-state index contributed by atoms with van der Waals surface area (Å²) in [6.07, 6.45) is 1.93. The van der Waals surface area contributed by atoms with Crippen LogP contribution in [-0.2, 0) is 22.6 Å². The molecule has 0 aliphatic carbocycles. The summed E-state index contributed by atoms with van der Waals surface area (Å²) in [6.45, 7) is 9.55. The summed E-state index contributed by atoms with van der Waals surface area (Å²) in [5.74, 6) is -0.0925. The molecule has 1 aliphatic rings. The molecule has 2 rings (SSSR count). The Balaban J connectivity index is 2.04. The molecule has 118 valence electrons. The van der Waals surface area contributed by atoms with Crippen molar-refractivity contribution in [1.29, 1.82) is 0 Å². The minimum Gasteiger partial charge on any atom is -0.466 e. The quantitative estimate of drug-likeness (QED) is 0.784. The lowest BCUT2D eigenvalue weighted by Crippen LogP contribution is -2.39. The van der Waals surface area contributed by atoms with E-state index in [1.807, 2.05) is 18.5 Å².